The van der Waals surface area contributed by atoms with Gasteiger partial charge >= 0.3 is 5.97 Å². The number of carbonyl (C=O) groups is 1. The van der Waals surface area contributed by atoms with E-state index in [9.17, 15) is 15.0 Å². The van der Waals surface area contributed by atoms with Crippen LogP contribution in [0.2, 0.25) is 0 Å². The molecule has 9 heteroatoms. The van der Waals surface area contributed by atoms with Crippen molar-refractivity contribution in [1.82, 2.24) is 5.32 Å². The van der Waals surface area contributed by atoms with Gasteiger partial charge in [-0.05, 0) is 25.2 Å². The normalized spacial score (nSPS) is 58.6. The second-order valence-corrected chi connectivity index (χ2v) is 11.8. The molecule has 1 saturated heterocycles. The molecule has 1 heterocycles. The Balaban J connectivity index is 1.60. The highest BCUT2D eigenvalue weighted by Crippen LogP contribution is 2.79. The van der Waals surface area contributed by atoms with Crippen molar-refractivity contribution < 1.29 is 38.7 Å². The Bertz CT molecular complexity index is 872. The highest BCUT2D eigenvalue weighted by atomic mass is 16.5. The lowest BCUT2D eigenvalue weighted by Crippen LogP contribution is -2.81. The Kier molecular flexibility index (Phi) is 5.11. The van der Waals surface area contributed by atoms with Gasteiger partial charge < -0.3 is 39.2 Å². The van der Waals surface area contributed by atoms with Gasteiger partial charge in [0.2, 0.25) is 0 Å². The van der Waals surface area contributed by atoms with Gasteiger partial charge in [-0.1, -0.05) is 0 Å². The van der Waals surface area contributed by atoms with E-state index in [2.05, 4.69) is 5.32 Å². The standard InChI is InChI=1S/C25H39NO8/c1-12(27)34-11-22-7-6-16(31-3)24-14-8-13-15(30-2)9-23(28,17(14)18(13)32-4)25(29,21(24)26-10-22)20(33-5)19(22)24/h13-21,26,28-29H,6-11H2,1-5H3/t13-,14-,15+,16+,17-,18+,19-,20+,21+,22+,23-,24+,25-/m1/s1. The summed E-state index contributed by atoms with van der Waals surface area (Å²) in [6, 6.07) is -0.413. The van der Waals surface area contributed by atoms with E-state index in [0.29, 0.717) is 13.0 Å². The summed E-state index contributed by atoms with van der Waals surface area (Å²) < 4.78 is 30.0. The number of nitrogens with one attached hydrogen (secondary N) is 1. The van der Waals surface area contributed by atoms with Gasteiger partial charge in [-0.3, -0.25) is 4.79 Å². The summed E-state index contributed by atoms with van der Waals surface area (Å²) in [6.45, 7) is 2.28. The molecular formula is C25H39NO8. The summed E-state index contributed by atoms with van der Waals surface area (Å²) in [7, 11) is 6.75. The Morgan fingerprint density at radius 2 is 1.85 bits per heavy atom. The molecule has 13 atom stereocenters. The number of hydrogen-bond acceptors (Lipinski definition) is 9. The molecule has 0 aromatic heterocycles. The van der Waals surface area contributed by atoms with Crippen LogP contribution >= 0.6 is 0 Å². The van der Waals surface area contributed by atoms with Crippen LogP contribution in [0.4, 0.5) is 0 Å². The number of aliphatic hydroxyl groups is 2. The highest BCUT2D eigenvalue weighted by Gasteiger charge is 2.90. The number of fused-ring (bicyclic) bond motifs is 2. The molecule has 5 aliphatic carbocycles. The zero-order valence-corrected chi connectivity index (χ0v) is 20.8. The minimum absolute atomic E-state index is 0.0396. The molecule has 0 aromatic carbocycles. The molecule has 6 rings (SSSR count). The van der Waals surface area contributed by atoms with Gasteiger partial charge in [-0.15, -0.1) is 0 Å². The molecule has 0 amide bonds. The molecule has 34 heavy (non-hydrogen) atoms. The first-order valence-corrected chi connectivity index (χ1v) is 12.6. The Labute approximate surface area is 200 Å². The van der Waals surface area contributed by atoms with E-state index in [1.807, 2.05) is 0 Å². The van der Waals surface area contributed by atoms with Crippen LogP contribution in [0.15, 0.2) is 0 Å². The van der Waals surface area contributed by atoms with Crippen molar-refractivity contribution in [3.63, 3.8) is 0 Å². The summed E-state index contributed by atoms with van der Waals surface area (Å²) in [5.41, 5.74) is -3.94. The van der Waals surface area contributed by atoms with E-state index in [0.717, 1.165) is 19.3 Å². The molecule has 3 N–H and O–H groups in total. The van der Waals surface area contributed by atoms with E-state index in [-0.39, 0.29) is 54.6 Å². The van der Waals surface area contributed by atoms with Crippen LogP contribution in [0.1, 0.15) is 32.6 Å². The number of rotatable bonds is 6. The zero-order chi connectivity index (χ0) is 24.3. The summed E-state index contributed by atoms with van der Waals surface area (Å²) in [5, 5.41) is 29.1. The smallest absolute Gasteiger partial charge is 0.302 e. The van der Waals surface area contributed by atoms with E-state index >= 15 is 0 Å². The molecule has 7 bridgehead atoms. The maximum atomic E-state index is 12.8. The fourth-order valence-electron chi connectivity index (χ4n) is 10.6. The summed E-state index contributed by atoms with van der Waals surface area (Å²) in [4.78, 5) is 11.9. The lowest BCUT2D eigenvalue weighted by Gasteiger charge is -2.67. The van der Waals surface area contributed by atoms with Gasteiger partial charge in [0, 0.05) is 76.9 Å². The molecule has 9 nitrogen and oxygen atoms in total. The minimum Gasteiger partial charge on any atom is -0.465 e. The molecule has 0 radical (unpaired) electrons. The number of esters is 1. The first-order valence-electron chi connectivity index (χ1n) is 12.6. The largest absolute Gasteiger partial charge is 0.465 e. The van der Waals surface area contributed by atoms with E-state index in [1.165, 1.54) is 6.92 Å². The second kappa shape index (κ2) is 7.37. The summed E-state index contributed by atoms with van der Waals surface area (Å²) >= 11 is 0. The van der Waals surface area contributed by atoms with Gasteiger partial charge in [0.25, 0.3) is 0 Å². The Hall–Kier alpha value is -0.810. The van der Waals surface area contributed by atoms with Gasteiger partial charge in [0.15, 0.2) is 0 Å². The molecule has 1 aliphatic heterocycles. The van der Waals surface area contributed by atoms with Crippen molar-refractivity contribution in [2.24, 2.45) is 34.5 Å². The van der Waals surface area contributed by atoms with Crippen molar-refractivity contribution in [1.29, 1.82) is 0 Å². The van der Waals surface area contributed by atoms with Crippen LogP contribution in [0.5, 0.6) is 0 Å². The van der Waals surface area contributed by atoms with Crippen LogP contribution < -0.4 is 5.32 Å². The van der Waals surface area contributed by atoms with E-state index < -0.39 is 34.2 Å². The lowest BCUT2D eigenvalue weighted by atomic mass is 9.43. The SMILES string of the molecule is CO[C@H]1[C@@H]2C[C@@H]3[C@H]1[C@](O)(C[C@@H]2OC)[C@@]1(O)[C@@H](OC)[C@@H]2[C@@]4(COC(C)=O)CC[C@H](OC)[C@@]32[C@@H]1NC4. The maximum Gasteiger partial charge on any atom is 0.302 e. The van der Waals surface area contributed by atoms with Crippen molar-refractivity contribution in [3.8, 4) is 0 Å². The van der Waals surface area contributed by atoms with Gasteiger partial charge in [0.1, 0.15) is 11.2 Å². The molecule has 1 spiro atoms. The van der Waals surface area contributed by atoms with Crippen LogP contribution in [0, 0.1) is 34.5 Å². The molecular weight excluding hydrogens is 442 g/mol. The van der Waals surface area contributed by atoms with Crippen LogP contribution in [0.25, 0.3) is 0 Å². The number of ether oxygens (including phenoxy) is 5. The number of methoxy groups -OCH3 is 4. The van der Waals surface area contributed by atoms with Crippen LogP contribution in [-0.4, -0.2) is 99.4 Å². The number of carbonyl (C=O) groups excluding carboxylic acids is 1. The molecule has 0 aromatic rings. The molecule has 5 saturated carbocycles. The number of hydrogen-bond donors (Lipinski definition) is 3. The first-order chi connectivity index (χ1) is 16.2. The molecule has 192 valence electrons. The Morgan fingerprint density at radius 1 is 1.09 bits per heavy atom. The van der Waals surface area contributed by atoms with E-state index in [4.69, 9.17) is 23.7 Å². The summed E-state index contributed by atoms with van der Waals surface area (Å²) in [6.07, 6.45) is 1.53. The average Bonchev–Trinajstić information content (AvgIpc) is 3.22. The monoisotopic (exact) mass is 481 g/mol. The van der Waals surface area contributed by atoms with Crippen molar-refractivity contribution in [3.05, 3.63) is 0 Å². The van der Waals surface area contributed by atoms with Gasteiger partial charge in [-0.2, -0.15) is 0 Å². The zero-order valence-electron chi connectivity index (χ0n) is 20.8. The predicted octanol–water partition coefficient (Wildman–Crippen LogP) is 0.110. The third-order valence-electron chi connectivity index (χ3n) is 11.3. The van der Waals surface area contributed by atoms with Crippen molar-refractivity contribution >= 4 is 5.97 Å². The third kappa shape index (κ3) is 2.30. The highest BCUT2D eigenvalue weighted by molar-refractivity contribution is 5.66. The topological polar surface area (TPSA) is 116 Å². The minimum atomic E-state index is -1.57. The summed E-state index contributed by atoms with van der Waals surface area (Å²) in [5.74, 6) is -0.549. The molecule has 0 unspecified atom stereocenters. The fraction of sp³-hybridized carbons (Fsp3) is 0.960. The first kappa shape index (κ1) is 23.6. The van der Waals surface area contributed by atoms with Crippen LogP contribution in [0.3, 0.4) is 0 Å². The van der Waals surface area contributed by atoms with Gasteiger partial charge in [-0.25, -0.2) is 0 Å². The lowest BCUT2D eigenvalue weighted by molar-refractivity contribution is -0.301. The fourth-order valence-corrected chi connectivity index (χ4v) is 10.6. The second-order valence-electron chi connectivity index (χ2n) is 11.8. The molecule has 6 aliphatic rings. The third-order valence-corrected chi connectivity index (χ3v) is 11.3. The average molecular weight is 482 g/mol. The quantitative estimate of drug-likeness (QED) is 0.455. The predicted molar refractivity (Wildman–Crippen MR) is 119 cm³/mol. The van der Waals surface area contributed by atoms with Crippen molar-refractivity contribution in [2.45, 2.75) is 74.3 Å². The van der Waals surface area contributed by atoms with Gasteiger partial charge in [0.05, 0.1) is 37.1 Å². The Morgan fingerprint density at radius 3 is 2.47 bits per heavy atom. The van der Waals surface area contributed by atoms with Crippen LogP contribution in [-0.2, 0) is 28.5 Å². The maximum absolute atomic E-state index is 12.8. The van der Waals surface area contributed by atoms with E-state index in [1.54, 1.807) is 28.4 Å². The molecule has 6 fully saturated rings. The number of piperidine rings is 1. The van der Waals surface area contributed by atoms with Crippen molar-refractivity contribution in [2.75, 3.05) is 41.6 Å².